The lowest BCUT2D eigenvalue weighted by atomic mass is 10.2. The number of amides is 1. The third kappa shape index (κ3) is 1.54. The van der Waals surface area contributed by atoms with E-state index >= 15 is 0 Å². The molecule has 106 valence electrons. The molecule has 0 atom stereocenters. The lowest BCUT2D eigenvalue weighted by Crippen LogP contribution is -2.66. The van der Waals surface area contributed by atoms with Gasteiger partial charge in [-0.15, -0.1) is 0 Å². The summed E-state index contributed by atoms with van der Waals surface area (Å²) in [5.74, 6) is -0.294. The monoisotopic (exact) mass is 295 g/mol. The van der Waals surface area contributed by atoms with Crippen molar-refractivity contribution in [3.8, 4) is 0 Å². The number of nitrogen functional groups attached to an aromatic ring is 1. The SMILES string of the molecule is CC1(C)C(=O)N(Cc2nc3cc(N)ccc3o2)S1(=O)=O. The number of sulfonamides is 1. The van der Waals surface area contributed by atoms with Crippen LogP contribution in [0.15, 0.2) is 22.6 Å². The molecular weight excluding hydrogens is 282 g/mol. The number of carbonyl (C=O) groups excluding carboxylic acids is 1. The molecule has 2 aromatic rings. The Morgan fingerprint density at radius 3 is 2.75 bits per heavy atom. The Labute approximate surface area is 115 Å². The minimum atomic E-state index is -3.63. The summed E-state index contributed by atoms with van der Waals surface area (Å²) in [6, 6.07) is 4.93. The molecule has 2 heterocycles. The fourth-order valence-electron chi connectivity index (χ4n) is 2.10. The molecule has 1 amide bonds. The Bertz CT molecular complexity index is 822. The maximum atomic E-state index is 12.0. The van der Waals surface area contributed by atoms with E-state index in [0.717, 1.165) is 4.31 Å². The summed E-state index contributed by atoms with van der Waals surface area (Å²) in [6.45, 7) is 2.57. The van der Waals surface area contributed by atoms with Crippen molar-refractivity contribution in [2.45, 2.75) is 25.1 Å². The number of anilines is 1. The van der Waals surface area contributed by atoms with E-state index in [9.17, 15) is 13.2 Å². The van der Waals surface area contributed by atoms with E-state index in [1.54, 1.807) is 18.2 Å². The quantitative estimate of drug-likeness (QED) is 0.823. The molecule has 1 fully saturated rings. The molecule has 20 heavy (non-hydrogen) atoms. The normalized spacial score (nSPS) is 20.1. The van der Waals surface area contributed by atoms with Gasteiger partial charge in [0, 0.05) is 5.69 Å². The summed E-state index contributed by atoms with van der Waals surface area (Å²) in [7, 11) is -3.63. The lowest BCUT2D eigenvalue weighted by molar-refractivity contribution is -0.132. The van der Waals surface area contributed by atoms with Crippen LogP contribution in [0, 0.1) is 0 Å². The van der Waals surface area contributed by atoms with Gasteiger partial charge in [-0.25, -0.2) is 17.7 Å². The number of aromatic nitrogens is 1. The predicted octanol–water partition coefficient (Wildman–Crippen LogP) is 0.861. The summed E-state index contributed by atoms with van der Waals surface area (Å²) in [5, 5.41) is 0. The van der Waals surface area contributed by atoms with Crippen LogP contribution in [-0.2, 0) is 21.4 Å². The number of oxazole rings is 1. The zero-order valence-corrected chi connectivity index (χ0v) is 11.8. The Morgan fingerprint density at radius 1 is 1.40 bits per heavy atom. The fraction of sp³-hybridized carbons (Fsp3) is 0.333. The highest BCUT2D eigenvalue weighted by atomic mass is 32.2. The van der Waals surface area contributed by atoms with Gasteiger partial charge in [-0.2, -0.15) is 0 Å². The topological polar surface area (TPSA) is 106 Å². The third-order valence-electron chi connectivity index (χ3n) is 3.41. The van der Waals surface area contributed by atoms with E-state index in [1.807, 2.05) is 0 Å². The number of hydrogen-bond donors (Lipinski definition) is 1. The van der Waals surface area contributed by atoms with Gasteiger partial charge in [0.2, 0.25) is 5.89 Å². The van der Waals surface area contributed by atoms with E-state index in [1.165, 1.54) is 13.8 Å². The average Bonchev–Trinajstić information content (AvgIpc) is 2.76. The highest BCUT2D eigenvalue weighted by Crippen LogP contribution is 2.36. The Hall–Kier alpha value is -2.09. The minimum Gasteiger partial charge on any atom is -0.439 e. The van der Waals surface area contributed by atoms with E-state index in [0.29, 0.717) is 16.8 Å². The van der Waals surface area contributed by atoms with E-state index in [-0.39, 0.29) is 12.4 Å². The van der Waals surface area contributed by atoms with Crippen LogP contribution in [0.1, 0.15) is 19.7 Å². The van der Waals surface area contributed by atoms with Crippen molar-refractivity contribution in [1.29, 1.82) is 0 Å². The van der Waals surface area contributed by atoms with Crippen molar-refractivity contribution in [3.05, 3.63) is 24.1 Å². The van der Waals surface area contributed by atoms with Gasteiger partial charge in [0.05, 0.1) is 0 Å². The highest BCUT2D eigenvalue weighted by Gasteiger charge is 2.60. The van der Waals surface area contributed by atoms with E-state index in [2.05, 4.69) is 4.98 Å². The number of carbonyl (C=O) groups is 1. The number of nitrogens with zero attached hydrogens (tertiary/aromatic N) is 2. The average molecular weight is 295 g/mol. The van der Waals surface area contributed by atoms with Gasteiger partial charge in [-0.1, -0.05) is 0 Å². The second kappa shape index (κ2) is 3.72. The van der Waals surface area contributed by atoms with Gasteiger partial charge < -0.3 is 10.2 Å². The van der Waals surface area contributed by atoms with Crippen molar-refractivity contribution in [3.63, 3.8) is 0 Å². The molecule has 1 saturated heterocycles. The van der Waals surface area contributed by atoms with Crippen LogP contribution in [0.25, 0.3) is 11.1 Å². The lowest BCUT2D eigenvalue weighted by Gasteiger charge is -2.42. The standard InChI is InChI=1S/C12H13N3O4S/c1-12(2)11(16)15(20(12,17)18)6-10-14-8-5-7(13)3-4-9(8)19-10/h3-5H,6,13H2,1-2H3. The summed E-state index contributed by atoms with van der Waals surface area (Å²) < 4.78 is 28.8. The zero-order valence-electron chi connectivity index (χ0n) is 11.0. The second-order valence-corrected chi connectivity index (χ2v) is 7.57. The van der Waals surface area contributed by atoms with Crippen molar-refractivity contribution in [2.75, 3.05) is 5.73 Å². The molecule has 1 aliphatic rings. The Kier molecular flexibility index (Phi) is 2.40. The molecule has 2 N–H and O–H groups in total. The maximum absolute atomic E-state index is 12.0. The van der Waals surface area contributed by atoms with Crippen LogP contribution >= 0.6 is 0 Å². The maximum Gasteiger partial charge on any atom is 0.259 e. The number of nitrogens with two attached hydrogens (primary N) is 1. The molecule has 0 spiro atoms. The van der Waals surface area contributed by atoms with Gasteiger partial charge in [0.15, 0.2) is 10.3 Å². The molecule has 7 nitrogen and oxygen atoms in total. The van der Waals surface area contributed by atoms with Crippen LogP contribution in [0.2, 0.25) is 0 Å². The van der Waals surface area contributed by atoms with E-state index < -0.39 is 20.7 Å². The number of hydrogen-bond acceptors (Lipinski definition) is 6. The van der Waals surface area contributed by atoms with Gasteiger partial charge >= 0.3 is 0 Å². The number of rotatable bonds is 2. The third-order valence-corrected chi connectivity index (χ3v) is 5.75. The summed E-state index contributed by atoms with van der Waals surface area (Å²) in [6.07, 6.45) is 0. The Morgan fingerprint density at radius 2 is 2.10 bits per heavy atom. The molecule has 1 aliphatic heterocycles. The van der Waals surface area contributed by atoms with Crippen molar-refractivity contribution in [2.24, 2.45) is 0 Å². The smallest absolute Gasteiger partial charge is 0.259 e. The van der Waals surface area contributed by atoms with Gasteiger partial charge in [0.25, 0.3) is 15.9 Å². The first-order valence-electron chi connectivity index (χ1n) is 5.95. The van der Waals surface area contributed by atoms with Crippen LogP contribution in [-0.4, -0.2) is 28.4 Å². The first-order chi connectivity index (χ1) is 9.23. The molecule has 0 saturated carbocycles. The molecule has 1 aromatic carbocycles. The second-order valence-electron chi connectivity index (χ2n) is 5.16. The van der Waals surface area contributed by atoms with E-state index in [4.69, 9.17) is 10.2 Å². The first-order valence-corrected chi connectivity index (χ1v) is 7.39. The fourth-order valence-corrected chi connectivity index (χ4v) is 3.57. The van der Waals surface area contributed by atoms with Crippen LogP contribution in [0.3, 0.4) is 0 Å². The van der Waals surface area contributed by atoms with Crippen LogP contribution in [0.4, 0.5) is 5.69 Å². The molecular formula is C12H13N3O4S. The van der Waals surface area contributed by atoms with Gasteiger partial charge in [-0.3, -0.25) is 4.79 Å². The molecule has 3 rings (SSSR count). The molecule has 8 heteroatoms. The number of benzene rings is 1. The predicted molar refractivity (Wildman–Crippen MR) is 72.0 cm³/mol. The summed E-state index contributed by atoms with van der Waals surface area (Å²) >= 11 is 0. The first kappa shape index (κ1) is 12.9. The molecule has 0 unspecified atom stereocenters. The van der Waals surface area contributed by atoms with Crippen LogP contribution < -0.4 is 5.73 Å². The van der Waals surface area contributed by atoms with Crippen molar-refractivity contribution >= 4 is 32.7 Å². The Balaban J connectivity index is 1.93. The van der Waals surface area contributed by atoms with Crippen molar-refractivity contribution in [1.82, 2.24) is 9.29 Å². The summed E-state index contributed by atoms with van der Waals surface area (Å²) in [4.78, 5) is 16.0. The zero-order chi connectivity index (χ0) is 14.7. The number of fused-ring (bicyclic) bond motifs is 1. The van der Waals surface area contributed by atoms with Gasteiger partial charge in [0.1, 0.15) is 12.1 Å². The highest BCUT2D eigenvalue weighted by molar-refractivity contribution is 7.94. The van der Waals surface area contributed by atoms with Gasteiger partial charge in [-0.05, 0) is 32.0 Å². The molecule has 0 aliphatic carbocycles. The van der Waals surface area contributed by atoms with Crippen LogP contribution in [0.5, 0.6) is 0 Å². The molecule has 1 aromatic heterocycles. The van der Waals surface area contributed by atoms with Crippen molar-refractivity contribution < 1.29 is 17.6 Å². The summed E-state index contributed by atoms with van der Waals surface area (Å²) in [5.41, 5.74) is 7.19. The minimum absolute atomic E-state index is 0.165. The molecule has 0 radical (unpaired) electrons. The largest absolute Gasteiger partial charge is 0.439 e. The molecule has 0 bridgehead atoms.